The van der Waals surface area contributed by atoms with Crippen molar-refractivity contribution >= 4 is 0 Å². The number of nitrogens with zero attached hydrogens (tertiary/aromatic N) is 4. The first-order valence-electron chi connectivity index (χ1n) is 5.07. The minimum Gasteiger partial charge on any atom is -0.244 e. The summed E-state index contributed by atoms with van der Waals surface area (Å²) in [4.78, 5) is 0. The molecule has 2 aromatic rings. The molecule has 4 nitrogen and oxygen atoms in total. The molecule has 0 saturated carbocycles. The predicted octanol–water partition coefficient (Wildman–Crippen LogP) is 1.81. The maximum absolute atomic E-state index is 8.79. The van der Waals surface area contributed by atoms with Gasteiger partial charge in [0.1, 0.15) is 6.07 Å². The van der Waals surface area contributed by atoms with E-state index in [0.717, 1.165) is 5.69 Å². The van der Waals surface area contributed by atoms with Crippen LogP contribution in [0.25, 0.3) is 0 Å². The Morgan fingerprint density at radius 2 is 2.06 bits per heavy atom. The number of benzene rings is 1. The number of aromatic nitrogens is 3. The lowest BCUT2D eigenvalue weighted by molar-refractivity contribution is 0.631. The van der Waals surface area contributed by atoms with E-state index in [1.807, 2.05) is 25.1 Å². The zero-order valence-corrected chi connectivity index (χ0v) is 9.31. The molecule has 1 aromatic heterocycles. The summed E-state index contributed by atoms with van der Waals surface area (Å²) in [5.41, 5.74) is 3.62. The fourth-order valence-corrected chi connectivity index (χ4v) is 1.56. The quantitative estimate of drug-likeness (QED) is 0.762. The minimum absolute atomic E-state index is 0.397. The Bertz CT molecular complexity index is 548. The van der Waals surface area contributed by atoms with E-state index in [1.165, 1.54) is 11.1 Å². The van der Waals surface area contributed by atoms with Gasteiger partial charge in [0.15, 0.2) is 5.69 Å². The van der Waals surface area contributed by atoms with Crippen molar-refractivity contribution in [2.45, 2.75) is 20.4 Å². The molecular weight excluding hydrogens is 200 g/mol. The maximum Gasteiger partial charge on any atom is 0.185 e. The van der Waals surface area contributed by atoms with E-state index in [9.17, 15) is 0 Å². The molecule has 0 bridgehead atoms. The van der Waals surface area contributed by atoms with Gasteiger partial charge in [0, 0.05) is 0 Å². The molecule has 0 aliphatic rings. The number of nitriles is 1. The Morgan fingerprint density at radius 1 is 1.31 bits per heavy atom. The number of hydrogen-bond acceptors (Lipinski definition) is 3. The summed E-state index contributed by atoms with van der Waals surface area (Å²) in [7, 11) is 0. The number of rotatable bonds is 2. The first kappa shape index (κ1) is 10.4. The molecule has 0 saturated heterocycles. The SMILES string of the molecule is Cc1ccccc1Cn1nnc(C#N)c1C. The lowest BCUT2D eigenvalue weighted by Crippen LogP contribution is -2.05. The summed E-state index contributed by atoms with van der Waals surface area (Å²) in [6.07, 6.45) is 0. The second kappa shape index (κ2) is 4.15. The summed E-state index contributed by atoms with van der Waals surface area (Å²) < 4.78 is 1.75. The van der Waals surface area contributed by atoms with Crippen molar-refractivity contribution in [3.8, 4) is 6.07 Å². The van der Waals surface area contributed by atoms with Crippen molar-refractivity contribution < 1.29 is 0 Å². The topological polar surface area (TPSA) is 54.5 Å². The van der Waals surface area contributed by atoms with Gasteiger partial charge in [-0.15, -0.1) is 5.10 Å². The Hall–Kier alpha value is -2.15. The van der Waals surface area contributed by atoms with Gasteiger partial charge >= 0.3 is 0 Å². The Labute approximate surface area is 94.1 Å². The van der Waals surface area contributed by atoms with Gasteiger partial charge < -0.3 is 0 Å². The zero-order chi connectivity index (χ0) is 11.5. The summed E-state index contributed by atoms with van der Waals surface area (Å²) in [6.45, 7) is 4.58. The van der Waals surface area contributed by atoms with Gasteiger partial charge in [-0.3, -0.25) is 0 Å². The van der Waals surface area contributed by atoms with Gasteiger partial charge in [-0.25, -0.2) is 4.68 Å². The van der Waals surface area contributed by atoms with Crippen LogP contribution in [0.1, 0.15) is 22.5 Å². The van der Waals surface area contributed by atoms with Crippen LogP contribution in [0.2, 0.25) is 0 Å². The fraction of sp³-hybridized carbons (Fsp3) is 0.250. The highest BCUT2D eigenvalue weighted by Crippen LogP contribution is 2.10. The van der Waals surface area contributed by atoms with Gasteiger partial charge in [0.2, 0.25) is 0 Å². The zero-order valence-electron chi connectivity index (χ0n) is 9.31. The van der Waals surface area contributed by atoms with Gasteiger partial charge in [-0.2, -0.15) is 5.26 Å². The molecule has 16 heavy (non-hydrogen) atoms. The van der Waals surface area contributed by atoms with Crippen molar-refractivity contribution in [1.82, 2.24) is 15.0 Å². The Balaban J connectivity index is 2.32. The highest BCUT2D eigenvalue weighted by Gasteiger charge is 2.08. The van der Waals surface area contributed by atoms with Crippen molar-refractivity contribution in [3.63, 3.8) is 0 Å². The van der Waals surface area contributed by atoms with Crippen LogP contribution < -0.4 is 0 Å². The third kappa shape index (κ3) is 1.80. The van der Waals surface area contributed by atoms with Gasteiger partial charge in [0.25, 0.3) is 0 Å². The molecule has 0 amide bonds. The second-order valence-corrected chi connectivity index (χ2v) is 3.72. The molecule has 4 heteroatoms. The van der Waals surface area contributed by atoms with Crippen LogP contribution in [0, 0.1) is 25.2 Å². The molecule has 80 valence electrons. The first-order chi connectivity index (χ1) is 7.72. The summed E-state index contributed by atoms with van der Waals surface area (Å²) in [5, 5.41) is 16.6. The van der Waals surface area contributed by atoms with Gasteiger partial charge in [-0.05, 0) is 25.0 Å². The first-order valence-corrected chi connectivity index (χ1v) is 5.07. The van der Waals surface area contributed by atoms with E-state index in [4.69, 9.17) is 5.26 Å². The van der Waals surface area contributed by atoms with Gasteiger partial charge in [-0.1, -0.05) is 29.5 Å². The normalized spacial score (nSPS) is 10.1. The van der Waals surface area contributed by atoms with E-state index in [2.05, 4.69) is 29.4 Å². The molecule has 0 atom stereocenters. The van der Waals surface area contributed by atoms with Crippen molar-refractivity contribution in [1.29, 1.82) is 5.26 Å². The summed E-state index contributed by atoms with van der Waals surface area (Å²) >= 11 is 0. The highest BCUT2D eigenvalue weighted by atomic mass is 15.4. The smallest absolute Gasteiger partial charge is 0.185 e. The van der Waals surface area contributed by atoms with E-state index < -0.39 is 0 Å². The van der Waals surface area contributed by atoms with Crippen LogP contribution in [0.15, 0.2) is 24.3 Å². The fourth-order valence-electron chi connectivity index (χ4n) is 1.56. The van der Waals surface area contributed by atoms with E-state index in [1.54, 1.807) is 4.68 Å². The number of aryl methyl sites for hydroxylation is 1. The molecule has 0 unspecified atom stereocenters. The van der Waals surface area contributed by atoms with Crippen molar-refractivity contribution in [2.75, 3.05) is 0 Å². The molecule has 0 spiro atoms. The average molecular weight is 212 g/mol. The van der Waals surface area contributed by atoms with E-state index in [0.29, 0.717) is 12.2 Å². The minimum atomic E-state index is 0.397. The third-order valence-corrected chi connectivity index (χ3v) is 2.67. The Kier molecular flexibility index (Phi) is 2.69. The van der Waals surface area contributed by atoms with Crippen LogP contribution >= 0.6 is 0 Å². The predicted molar refractivity (Wildman–Crippen MR) is 59.8 cm³/mol. The van der Waals surface area contributed by atoms with Crippen LogP contribution in [0.5, 0.6) is 0 Å². The molecule has 0 fully saturated rings. The monoisotopic (exact) mass is 212 g/mol. The van der Waals surface area contributed by atoms with Crippen LogP contribution in [-0.2, 0) is 6.54 Å². The maximum atomic E-state index is 8.79. The molecule has 0 aliphatic carbocycles. The highest BCUT2D eigenvalue weighted by molar-refractivity contribution is 5.28. The molecular formula is C12H12N4. The molecule has 0 N–H and O–H groups in total. The number of hydrogen-bond donors (Lipinski definition) is 0. The van der Waals surface area contributed by atoms with E-state index in [-0.39, 0.29) is 0 Å². The average Bonchev–Trinajstić information content (AvgIpc) is 2.63. The van der Waals surface area contributed by atoms with Crippen molar-refractivity contribution in [3.05, 3.63) is 46.8 Å². The van der Waals surface area contributed by atoms with Gasteiger partial charge in [0.05, 0.1) is 12.2 Å². The standard InChI is InChI=1S/C12H12N4/c1-9-5-3-4-6-11(9)8-16-10(2)12(7-13)14-15-16/h3-6H,8H2,1-2H3. The summed E-state index contributed by atoms with van der Waals surface area (Å²) in [6, 6.07) is 10.1. The second-order valence-electron chi connectivity index (χ2n) is 3.72. The van der Waals surface area contributed by atoms with Crippen LogP contribution in [0.3, 0.4) is 0 Å². The summed E-state index contributed by atoms with van der Waals surface area (Å²) in [5.74, 6) is 0. The largest absolute Gasteiger partial charge is 0.244 e. The molecule has 1 aromatic carbocycles. The van der Waals surface area contributed by atoms with Crippen LogP contribution in [0.4, 0.5) is 0 Å². The lowest BCUT2D eigenvalue weighted by Gasteiger charge is -2.06. The van der Waals surface area contributed by atoms with Crippen LogP contribution in [-0.4, -0.2) is 15.0 Å². The molecule has 0 aliphatic heterocycles. The molecule has 1 heterocycles. The Morgan fingerprint density at radius 3 is 2.69 bits per heavy atom. The van der Waals surface area contributed by atoms with Crippen molar-refractivity contribution in [2.24, 2.45) is 0 Å². The lowest BCUT2D eigenvalue weighted by atomic mass is 10.1. The molecule has 2 rings (SSSR count). The van der Waals surface area contributed by atoms with E-state index >= 15 is 0 Å². The third-order valence-electron chi connectivity index (χ3n) is 2.67. The molecule has 0 radical (unpaired) electrons.